The predicted molar refractivity (Wildman–Crippen MR) is 75.9 cm³/mol. The van der Waals surface area contributed by atoms with Gasteiger partial charge in [-0.2, -0.15) is 0 Å². The van der Waals surface area contributed by atoms with Crippen LogP contribution in [0.2, 0.25) is 5.02 Å². The van der Waals surface area contributed by atoms with E-state index >= 15 is 0 Å². The van der Waals surface area contributed by atoms with E-state index in [0.717, 1.165) is 6.42 Å². The van der Waals surface area contributed by atoms with Crippen LogP contribution in [-0.4, -0.2) is 22.1 Å². The quantitative estimate of drug-likeness (QED) is 0.885. The van der Waals surface area contributed by atoms with Gasteiger partial charge in [0.1, 0.15) is 5.82 Å². The van der Waals surface area contributed by atoms with E-state index < -0.39 is 5.97 Å². The molecule has 1 aromatic heterocycles. The van der Waals surface area contributed by atoms with Crippen molar-refractivity contribution >= 4 is 23.4 Å². The number of carboxylic acid groups (broad SMARTS) is 1. The van der Waals surface area contributed by atoms with Crippen molar-refractivity contribution in [3.8, 4) is 0 Å². The standard InChI is InChI=1S/C14H19ClN2O2/c1-14(2)6-4-3-5-11(14)17-12-10(15)7-9(8-16-12)13(18)19/h7-8,11H,3-6H2,1-2H3,(H,16,17)(H,18,19). The van der Waals surface area contributed by atoms with Crippen molar-refractivity contribution in [2.45, 2.75) is 45.6 Å². The number of anilines is 1. The molecule has 1 atom stereocenters. The minimum Gasteiger partial charge on any atom is -0.478 e. The second kappa shape index (κ2) is 5.37. The maximum atomic E-state index is 10.8. The van der Waals surface area contributed by atoms with Crippen LogP contribution in [0.25, 0.3) is 0 Å². The van der Waals surface area contributed by atoms with Crippen molar-refractivity contribution in [2.24, 2.45) is 5.41 Å². The molecule has 0 aromatic carbocycles. The zero-order valence-electron chi connectivity index (χ0n) is 11.2. The third kappa shape index (κ3) is 3.18. The maximum Gasteiger partial charge on any atom is 0.337 e. The first-order valence-electron chi connectivity index (χ1n) is 6.55. The van der Waals surface area contributed by atoms with E-state index in [0.29, 0.717) is 16.9 Å². The first-order chi connectivity index (χ1) is 8.90. The topological polar surface area (TPSA) is 62.2 Å². The lowest BCUT2D eigenvalue weighted by molar-refractivity contribution is 0.0696. The highest BCUT2D eigenvalue weighted by Crippen LogP contribution is 2.37. The summed E-state index contributed by atoms with van der Waals surface area (Å²) in [6.45, 7) is 4.48. The molecule has 1 aliphatic rings. The minimum atomic E-state index is -1.01. The molecule has 0 amide bonds. The highest BCUT2D eigenvalue weighted by atomic mass is 35.5. The molecular formula is C14H19ClN2O2. The largest absolute Gasteiger partial charge is 0.478 e. The average Bonchev–Trinajstić information content (AvgIpc) is 2.33. The number of rotatable bonds is 3. The Morgan fingerprint density at radius 3 is 2.84 bits per heavy atom. The highest BCUT2D eigenvalue weighted by Gasteiger charge is 2.32. The Balaban J connectivity index is 2.17. The molecule has 1 unspecified atom stereocenters. The van der Waals surface area contributed by atoms with Gasteiger partial charge in [-0.1, -0.05) is 38.3 Å². The number of carbonyl (C=O) groups is 1. The number of aromatic carboxylic acids is 1. The Morgan fingerprint density at radius 1 is 1.53 bits per heavy atom. The smallest absolute Gasteiger partial charge is 0.337 e. The molecule has 1 aromatic rings. The van der Waals surface area contributed by atoms with Gasteiger partial charge in [-0.3, -0.25) is 0 Å². The van der Waals surface area contributed by atoms with Crippen molar-refractivity contribution in [1.82, 2.24) is 4.98 Å². The number of carboxylic acids is 1. The molecule has 4 nitrogen and oxygen atoms in total. The van der Waals surface area contributed by atoms with Crippen molar-refractivity contribution in [1.29, 1.82) is 0 Å². The van der Waals surface area contributed by atoms with Gasteiger partial charge in [0.25, 0.3) is 0 Å². The third-order valence-corrected chi connectivity index (χ3v) is 4.19. The fourth-order valence-corrected chi connectivity index (χ4v) is 2.81. The van der Waals surface area contributed by atoms with Crippen LogP contribution in [0.1, 0.15) is 49.9 Å². The van der Waals surface area contributed by atoms with Gasteiger partial charge in [-0.15, -0.1) is 0 Å². The van der Waals surface area contributed by atoms with Gasteiger partial charge in [0, 0.05) is 12.2 Å². The number of pyridine rings is 1. The molecule has 0 spiro atoms. The molecule has 1 fully saturated rings. The van der Waals surface area contributed by atoms with E-state index in [9.17, 15) is 4.79 Å². The molecule has 2 rings (SSSR count). The Hall–Kier alpha value is -1.29. The summed E-state index contributed by atoms with van der Waals surface area (Å²) in [7, 11) is 0. The number of nitrogens with one attached hydrogen (secondary N) is 1. The molecule has 0 aliphatic heterocycles. The van der Waals surface area contributed by atoms with Crippen LogP contribution >= 0.6 is 11.6 Å². The van der Waals surface area contributed by atoms with Crippen LogP contribution in [-0.2, 0) is 0 Å². The number of hydrogen-bond donors (Lipinski definition) is 2. The minimum absolute atomic E-state index is 0.110. The second-order valence-electron chi connectivity index (χ2n) is 5.79. The maximum absolute atomic E-state index is 10.8. The lowest BCUT2D eigenvalue weighted by Gasteiger charge is -2.39. The molecular weight excluding hydrogens is 264 g/mol. The number of halogens is 1. The summed E-state index contributed by atoms with van der Waals surface area (Å²) in [6, 6.07) is 1.76. The molecule has 0 radical (unpaired) electrons. The summed E-state index contributed by atoms with van der Waals surface area (Å²) in [5.74, 6) is -0.439. The van der Waals surface area contributed by atoms with Gasteiger partial charge in [0.05, 0.1) is 10.6 Å². The van der Waals surface area contributed by atoms with Crippen molar-refractivity contribution in [2.75, 3.05) is 5.32 Å². The Labute approximate surface area is 118 Å². The van der Waals surface area contributed by atoms with E-state index in [1.807, 2.05) is 0 Å². The second-order valence-corrected chi connectivity index (χ2v) is 6.20. The first-order valence-corrected chi connectivity index (χ1v) is 6.93. The molecule has 19 heavy (non-hydrogen) atoms. The molecule has 1 aliphatic carbocycles. The Kier molecular flexibility index (Phi) is 3.99. The Morgan fingerprint density at radius 2 is 2.26 bits per heavy atom. The molecule has 1 heterocycles. The number of aromatic nitrogens is 1. The van der Waals surface area contributed by atoms with Crippen LogP contribution in [0, 0.1) is 5.41 Å². The number of nitrogens with zero attached hydrogens (tertiary/aromatic N) is 1. The van der Waals surface area contributed by atoms with Crippen LogP contribution < -0.4 is 5.32 Å². The van der Waals surface area contributed by atoms with Crippen LogP contribution in [0.15, 0.2) is 12.3 Å². The highest BCUT2D eigenvalue weighted by molar-refractivity contribution is 6.33. The van der Waals surface area contributed by atoms with E-state index in [4.69, 9.17) is 16.7 Å². The van der Waals surface area contributed by atoms with Gasteiger partial charge >= 0.3 is 5.97 Å². The fourth-order valence-electron chi connectivity index (χ4n) is 2.59. The van der Waals surface area contributed by atoms with Gasteiger partial charge in [-0.25, -0.2) is 9.78 Å². The molecule has 104 valence electrons. The summed E-state index contributed by atoms with van der Waals surface area (Å²) in [5, 5.41) is 12.6. The van der Waals surface area contributed by atoms with Crippen LogP contribution in [0.3, 0.4) is 0 Å². The summed E-state index contributed by atoms with van der Waals surface area (Å²) >= 11 is 6.10. The van der Waals surface area contributed by atoms with Gasteiger partial charge < -0.3 is 10.4 Å². The van der Waals surface area contributed by atoms with Crippen molar-refractivity contribution in [3.63, 3.8) is 0 Å². The SMILES string of the molecule is CC1(C)CCCCC1Nc1ncc(C(=O)O)cc1Cl. The first kappa shape index (κ1) is 14.1. The Bertz CT molecular complexity index is 488. The van der Waals surface area contributed by atoms with Crippen molar-refractivity contribution < 1.29 is 9.90 Å². The lowest BCUT2D eigenvalue weighted by Crippen LogP contribution is -2.39. The summed E-state index contributed by atoms with van der Waals surface area (Å²) < 4.78 is 0. The average molecular weight is 283 g/mol. The van der Waals surface area contributed by atoms with Gasteiger partial charge in [0.15, 0.2) is 0 Å². The van der Waals surface area contributed by atoms with E-state index in [-0.39, 0.29) is 11.0 Å². The van der Waals surface area contributed by atoms with E-state index in [2.05, 4.69) is 24.1 Å². The lowest BCUT2D eigenvalue weighted by atomic mass is 9.73. The molecule has 0 bridgehead atoms. The summed E-state index contributed by atoms with van der Waals surface area (Å²) in [4.78, 5) is 15.0. The van der Waals surface area contributed by atoms with Crippen LogP contribution in [0.5, 0.6) is 0 Å². The normalized spacial score (nSPS) is 21.9. The summed E-state index contributed by atoms with van der Waals surface area (Å²) in [5.41, 5.74) is 0.313. The van der Waals surface area contributed by atoms with Crippen molar-refractivity contribution in [3.05, 3.63) is 22.8 Å². The van der Waals surface area contributed by atoms with Gasteiger partial charge in [0.2, 0.25) is 0 Å². The van der Waals surface area contributed by atoms with E-state index in [1.165, 1.54) is 31.5 Å². The summed E-state index contributed by atoms with van der Waals surface area (Å²) in [6.07, 6.45) is 6.06. The number of hydrogen-bond acceptors (Lipinski definition) is 3. The monoisotopic (exact) mass is 282 g/mol. The molecule has 0 saturated heterocycles. The molecule has 2 N–H and O–H groups in total. The van der Waals surface area contributed by atoms with Gasteiger partial charge in [-0.05, 0) is 24.3 Å². The predicted octanol–water partition coefficient (Wildman–Crippen LogP) is 3.81. The third-order valence-electron chi connectivity index (χ3n) is 3.91. The zero-order valence-corrected chi connectivity index (χ0v) is 12.0. The molecule has 1 saturated carbocycles. The molecule has 5 heteroatoms. The van der Waals surface area contributed by atoms with E-state index in [1.54, 1.807) is 0 Å². The fraction of sp³-hybridized carbons (Fsp3) is 0.571. The van der Waals surface area contributed by atoms with Crippen LogP contribution in [0.4, 0.5) is 5.82 Å². The zero-order chi connectivity index (χ0) is 14.0.